The van der Waals surface area contributed by atoms with E-state index in [4.69, 9.17) is 35.4 Å². The van der Waals surface area contributed by atoms with Gasteiger partial charge < -0.3 is 0 Å². The van der Waals surface area contributed by atoms with Gasteiger partial charge in [-0.25, -0.2) is 0 Å². The lowest BCUT2D eigenvalue weighted by atomic mass is 10.2. The summed E-state index contributed by atoms with van der Waals surface area (Å²) in [5.74, 6) is 0.809. The summed E-state index contributed by atoms with van der Waals surface area (Å²) in [6, 6.07) is 5.31. The highest BCUT2D eigenvalue weighted by molar-refractivity contribution is 7.71. The third kappa shape index (κ3) is 3.43. The number of halogens is 2. The molecule has 0 aliphatic carbocycles. The zero-order chi connectivity index (χ0) is 13.8. The van der Waals surface area contributed by atoms with Gasteiger partial charge in [0.1, 0.15) is 0 Å². The molecule has 0 unspecified atom stereocenters. The number of rotatable bonds is 4. The van der Waals surface area contributed by atoms with Crippen molar-refractivity contribution in [3.8, 4) is 0 Å². The van der Waals surface area contributed by atoms with Crippen molar-refractivity contribution in [1.29, 1.82) is 0 Å². The average molecular weight is 315 g/mol. The van der Waals surface area contributed by atoms with Crippen molar-refractivity contribution in [2.24, 2.45) is 5.10 Å². The van der Waals surface area contributed by atoms with E-state index in [1.807, 2.05) is 6.07 Å². The van der Waals surface area contributed by atoms with E-state index < -0.39 is 0 Å². The maximum absolute atomic E-state index is 5.95. The largest absolute Gasteiger partial charge is 0.250 e. The molecular formula is C12H12Cl2N4S. The molecule has 1 aromatic carbocycles. The van der Waals surface area contributed by atoms with Crippen molar-refractivity contribution < 1.29 is 0 Å². The molecule has 1 heterocycles. The van der Waals surface area contributed by atoms with Gasteiger partial charge in [-0.15, -0.1) is 0 Å². The van der Waals surface area contributed by atoms with E-state index in [-0.39, 0.29) is 0 Å². The molecule has 2 aromatic rings. The van der Waals surface area contributed by atoms with Crippen LogP contribution in [0.3, 0.4) is 0 Å². The van der Waals surface area contributed by atoms with Gasteiger partial charge >= 0.3 is 0 Å². The smallest absolute Gasteiger partial charge is 0.216 e. The Hall–Kier alpha value is -1.17. The molecule has 0 atom stereocenters. The van der Waals surface area contributed by atoms with Crippen LogP contribution in [-0.4, -0.2) is 21.1 Å². The van der Waals surface area contributed by atoms with Crippen LogP contribution in [0.25, 0.3) is 0 Å². The van der Waals surface area contributed by atoms with Crippen molar-refractivity contribution in [2.45, 2.75) is 19.8 Å². The summed E-state index contributed by atoms with van der Waals surface area (Å²) in [5, 5.41) is 12.2. The van der Waals surface area contributed by atoms with Crippen molar-refractivity contribution in [3.05, 3.63) is 44.4 Å². The Bertz CT molecular complexity index is 660. The molecule has 0 radical (unpaired) electrons. The molecule has 4 nitrogen and oxygen atoms in total. The first-order chi connectivity index (χ1) is 9.11. The van der Waals surface area contributed by atoms with E-state index in [9.17, 15) is 0 Å². The van der Waals surface area contributed by atoms with Gasteiger partial charge in [-0.05, 0) is 36.3 Å². The summed E-state index contributed by atoms with van der Waals surface area (Å²) in [6.45, 7) is 2.07. The molecule has 100 valence electrons. The molecule has 0 spiro atoms. The van der Waals surface area contributed by atoms with Crippen molar-refractivity contribution in [3.63, 3.8) is 0 Å². The maximum Gasteiger partial charge on any atom is 0.216 e. The van der Waals surface area contributed by atoms with Gasteiger partial charge in [0.15, 0.2) is 5.82 Å². The Morgan fingerprint density at radius 1 is 1.42 bits per heavy atom. The Morgan fingerprint density at radius 2 is 2.21 bits per heavy atom. The minimum absolute atomic E-state index is 0.472. The fourth-order valence-corrected chi connectivity index (χ4v) is 2.05. The molecule has 0 bridgehead atoms. The van der Waals surface area contributed by atoms with Crippen LogP contribution in [0.1, 0.15) is 24.7 Å². The number of nitrogens with one attached hydrogen (secondary N) is 1. The second kappa shape index (κ2) is 6.32. The van der Waals surface area contributed by atoms with Crippen LogP contribution in [0.5, 0.6) is 0 Å². The molecule has 0 saturated heterocycles. The summed E-state index contributed by atoms with van der Waals surface area (Å²) >= 11 is 16.9. The number of hydrogen-bond acceptors (Lipinski definition) is 3. The fraction of sp³-hybridized carbons (Fsp3) is 0.250. The molecule has 1 aromatic heterocycles. The van der Waals surface area contributed by atoms with Crippen LogP contribution >= 0.6 is 35.4 Å². The van der Waals surface area contributed by atoms with Gasteiger partial charge in [0.05, 0.1) is 16.3 Å². The third-order valence-corrected chi connectivity index (χ3v) is 3.46. The van der Waals surface area contributed by atoms with Crippen LogP contribution in [0.2, 0.25) is 10.0 Å². The van der Waals surface area contributed by atoms with Crippen LogP contribution in [0.4, 0.5) is 0 Å². The van der Waals surface area contributed by atoms with Gasteiger partial charge in [0, 0.05) is 6.42 Å². The Balaban J connectivity index is 2.29. The Morgan fingerprint density at radius 3 is 2.89 bits per heavy atom. The van der Waals surface area contributed by atoms with Gasteiger partial charge in [-0.3, -0.25) is 5.10 Å². The van der Waals surface area contributed by atoms with E-state index in [0.717, 1.165) is 24.2 Å². The van der Waals surface area contributed by atoms with E-state index in [1.165, 1.54) is 0 Å². The summed E-state index contributed by atoms with van der Waals surface area (Å²) in [7, 11) is 0. The van der Waals surface area contributed by atoms with Crippen LogP contribution < -0.4 is 0 Å². The standard InChI is InChI=1S/C12H12Cl2N4S/c1-2-3-11-16-17-12(19)18(11)15-7-8-4-5-9(13)10(14)6-8/h4-7H,2-3H2,1H3,(H,17,19)/b15-7-. The lowest BCUT2D eigenvalue weighted by Crippen LogP contribution is -1.98. The molecule has 0 fully saturated rings. The number of aryl methyl sites for hydroxylation is 1. The first-order valence-corrected chi connectivity index (χ1v) is 6.94. The van der Waals surface area contributed by atoms with Gasteiger partial charge in [0.2, 0.25) is 4.77 Å². The quantitative estimate of drug-likeness (QED) is 0.682. The monoisotopic (exact) mass is 314 g/mol. The zero-order valence-corrected chi connectivity index (χ0v) is 12.6. The van der Waals surface area contributed by atoms with E-state index in [0.29, 0.717) is 14.8 Å². The lowest BCUT2D eigenvalue weighted by molar-refractivity contribution is 0.740. The van der Waals surface area contributed by atoms with Crippen LogP contribution in [-0.2, 0) is 6.42 Å². The first kappa shape index (κ1) is 14.2. The van der Waals surface area contributed by atoms with Crippen LogP contribution in [0, 0.1) is 4.77 Å². The SMILES string of the molecule is CCCc1n[nH]c(=S)n1/N=C\c1ccc(Cl)c(Cl)c1. The van der Waals surface area contributed by atoms with Gasteiger partial charge in [-0.1, -0.05) is 36.2 Å². The topological polar surface area (TPSA) is 46.0 Å². The normalized spacial score (nSPS) is 11.3. The summed E-state index contributed by atoms with van der Waals surface area (Å²) < 4.78 is 2.08. The Labute approximate surface area is 126 Å². The zero-order valence-electron chi connectivity index (χ0n) is 10.2. The molecule has 7 heteroatoms. The average Bonchev–Trinajstić information content (AvgIpc) is 2.73. The maximum atomic E-state index is 5.95. The van der Waals surface area contributed by atoms with Gasteiger partial charge in [0.25, 0.3) is 0 Å². The molecular weight excluding hydrogens is 303 g/mol. The molecule has 0 aliphatic rings. The summed E-state index contributed by atoms with van der Waals surface area (Å²) in [6.07, 6.45) is 3.46. The number of benzene rings is 1. The molecule has 0 aliphatic heterocycles. The fourth-order valence-electron chi connectivity index (χ4n) is 1.55. The van der Waals surface area contributed by atoms with Crippen LogP contribution in [0.15, 0.2) is 23.3 Å². The first-order valence-electron chi connectivity index (χ1n) is 5.77. The molecule has 0 amide bonds. The third-order valence-electron chi connectivity index (χ3n) is 2.46. The lowest BCUT2D eigenvalue weighted by Gasteiger charge is -1.99. The molecule has 1 N–H and O–H groups in total. The molecule has 19 heavy (non-hydrogen) atoms. The number of nitrogens with zero attached hydrogens (tertiary/aromatic N) is 3. The minimum atomic E-state index is 0.472. The highest BCUT2D eigenvalue weighted by Gasteiger charge is 2.03. The van der Waals surface area contributed by atoms with Crippen molar-refractivity contribution in [2.75, 3.05) is 0 Å². The number of aromatic amines is 1. The molecule has 2 rings (SSSR count). The van der Waals surface area contributed by atoms with E-state index in [1.54, 1.807) is 23.0 Å². The second-order valence-corrected chi connectivity index (χ2v) is 5.13. The van der Waals surface area contributed by atoms with E-state index in [2.05, 4.69) is 22.2 Å². The number of hydrogen-bond donors (Lipinski definition) is 1. The summed E-state index contributed by atoms with van der Waals surface area (Å²) in [5.41, 5.74) is 0.847. The molecule has 0 saturated carbocycles. The van der Waals surface area contributed by atoms with Crippen molar-refractivity contribution in [1.82, 2.24) is 14.9 Å². The summed E-state index contributed by atoms with van der Waals surface area (Å²) in [4.78, 5) is 0. The minimum Gasteiger partial charge on any atom is -0.250 e. The Kier molecular flexibility index (Phi) is 4.74. The highest BCUT2D eigenvalue weighted by Crippen LogP contribution is 2.21. The number of aromatic nitrogens is 3. The van der Waals surface area contributed by atoms with Gasteiger partial charge in [-0.2, -0.15) is 14.9 Å². The predicted octanol–water partition coefficient (Wildman–Crippen LogP) is 4.08. The second-order valence-electron chi connectivity index (χ2n) is 3.92. The number of H-pyrrole nitrogens is 1. The predicted molar refractivity (Wildman–Crippen MR) is 80.9 cm³/mol. The highest BCUT2D eigenvalue weighted by atomic mass is 35.5. The van der Waals surface area contributed by atoms with E-state index >= 15 is 0 Å². The van der Waals surface area contributed by atoms with Crippen molar-refractivity contribution >= 4 is 41.6 Å².